The van der Waals surface area contributed by atoms with Gasteiger partial charge in [-0.25, -0.2) is 0 Å². The molecule has 29 heteroatoms. The fraction of sp³-hybridized carbons (Fsp3) is 0.791. The van der Waals surface area contributed by atoms with Gasteiger partial charge < -0.3 is 115 Å². The molecule has 0 heterocycles. The van der Waals surface area contributed by atoms with Gasteiger partial charge in [-0.15, -0.1) is 0 Å². The minimum atomic E-state index is -1.05. The number of carbonyl (C=O) groups excluding carboxylic acids is 2. The molecule has 29 nitrogen and oxygen atoms in total. The van der Waals surface area contributed by atoms with E-state index in [1.54, 1.807) is 7.05 Å². The van der Waals surface area contributed by atoms with Gasteiger partial charge in [-0.2, -0.15) is 0 Å². The summed E-state index contributed by atoms with van der Waals surface area (Å²) in [6, 6.07) is -4.80. The van der Waals surface area contributed by atoms with E-state index in [2.05, 4.69) is 10.3 Å². The average molecular weight is 1050 g/mol. The Morgan fingerprint density at radius 3 is 1.08 bits per heavy atom. The third kappa shape index (κ3) is 59.1. The number of rotatable bonds is 34. The van der Waals surface area contributed by atoms with Gasteiger partial charge in [0.25, 0.3) is 0 Å². The van der Waals surface area contributed by atoms with Crippen LogP contribution in [0.2, 0.25) is 0 Å². The molecule has 0 aromatic carbocycles. The molecule has 33 N–H and O–H groups in total. The highest BCUT2D eigenvalue weighted by atomic mass is 16.4. The molecule has 0 aliphatic rings. The topological polar surface area (TPSA) is 621 Å². The van der Waals surface area contributed by atoms with Crippen molar-refractivity contribution in [2.75, 3.05) is 46.3 Å². The first-order chi connectivity index (χ1) is 33.4. The molecular weight excluding hydrogens is 951 g/mol. The zero-order chi connectivity index (χ0) is 57.4. The van der Waals surface area contributed by atoms with Crippen LogP contribution in [0.25, 0.3) is 0 Å². The number of nitrogens with two attached hydrogens (primary N) is 13. The van der Waals surface area contributed by atoms with Crippen LogP contribution in [-0.2, 0) is 38.4 Å². The van der Waals surface area contributed by atoms with Gasteiger partial charge in [0.05, 0.1) is 0 Å². The number of nitrogens with zero attached hydrogens (tertiary/aromatic N) is 1. The SMILES string of the molecule is CC(=O)CC(CCN)CC(N)C(=O)O.CC(CCN)CC(N)C(=O)O.CNC(=O)CC(CCN)CC(N)C(=O)O.NC(N)=NCCCCC(N)C(=O)O.NCCCC(N)C(=O)O.NCCCCC(N)C(=O)O. The summed E-state index contributed by atoms with van der Waals surface area (Å²) in [6.45, 7) is 6.53. The maximum absolute atomic E-state index is 11.1. The molecule has 0 fully saturated rings. The lowest BCUT2D eigenvalue weighted by Gasteiger charge is -2.17. The van der Waals surface area contributed by atoms with Crippen molar-refractivity contribution in [1.82, 2.24) is 5.32 Å². The number of carbonyl (C=O) groups is 8. The van der Waals surface area contributed by atoms with Crippen molar-refractivity contribution in [2.45, 2.75) is 153 Å². The standard InChI is InChI=1S/C9H19N3O3.C9H18N2O3.C7H16N4O2.C7H16N2O2.C6H14N2O2.C5H12N2O2/c1-12-8(13)5-6(2-3-10)4-7(11)9(14)15;1-6(12)4-7(2-3-10)5-8(11)9(13)14;8-5(6(12)13)3-1-2-4-11-7(9)10;1-5(2-3-8)4-6(9)7(10)11;7-4-2-1-3-5(8)6(9)10;6-3-1-2-4(7)5(8)9/h6-7H,2-5,10-11H2,1H3,(H,12,13)(H,14,15);7-8H,2-5,10-11H2,1H3,(H,13,14);5H,1-4,8H2,(H,12,13)(H4,9,10,11);5-6H,2-4,8-9H2,1H3,(H,10,11);5H,1-4,7-8H2,(H,9,10);4H,1-3,6-7H2,(H,8,9). The summed E-state index contributed by atoms with van der Waals surface area (Å²) >= 11 is 0. The molecule has 1 amide bonds. The maximum atomic E-state index is 11.1. The number of guanidine groups is 1. The number of carboxylic acid groups (broad SMARTS) is 6. The van der Waals surface area contributed by atoms with E-state index >= 15 is 0 Å². The molecule has 0 aromatic heterocycles. The van der Waals surface area contributed by atoms with Crippen molar-refractivity contribution in [2.24, 2.45) is 97.3 Å². The summed E-state index contributed by atoms with van der Waals surface area (Å²) < 4.78 is 0. The second-order valence-electron chi connectivity index (χ2n) is 16.7. The number of amides is 1. The monoisotopic (exact) mass is 1050 g/mol. The fourth-order valence-corrected chi connectivity index (χ4v) is 5.61. The normalized spacial score (nSPS) is 13.9. The Hall–Kier alpha value is -5.21. The number of nitrogens with one attached hydrogen (secondary N) is 1. The summed E-state index contributed by atoms with van der Waals surface area (Å²) in [5.74, 6) is -5.67. The van der Waals surface area contributed by atoms with Crippen molar-refractivity contribution < 1.29 is 69.0 Å². The molecule has 0 spiro atoms. The highest BCUT2D eigenvalue weighted by molar-refractivity contribution is 5.77. The highest BCUT2D eigenvalue weighted by Gasteiger charge is 2.21. The lowest BCUT2D eigenvalue weighted by atomic mass is 9.92. The van der Waals surface area contributed by atoms with Gasteiger partial charge in [0.1, 0.15) is 42.0 Å². The zero-order valence-corrected chi connectivity index (χ0v) is 42.7. The van der Waals surface area contributed by atoms with E-state index < -0.39 is 72.1 Å². The van der Waals surface area contributed by atoms with Gasteiger partial charge in [0.2, 0.25) is 5.91 Å². The first-order valence-electron chi connectivity index (χ1n) is 23.6. The van der Waals surface area contributed by atoms with Crippen LogP contribution in [0.4, 0.5) is 0 Å². The molecule has 0 aliphatic carbocycles. The smallest absolute Gasteiger partial charge is 0.320 e. The molecule has 9 unspecified atom stereocenters. The summed E-state index contributed by atoms with van der Waals surface area (Å²) in [6.07, 6.45) is 9.02. The van der Waals surface area contributed by atoms with E-state index in [9.17, 15) is 38.4 Å². The fourth-order valence-electron chi connectivity index (χ4n) is 5.61. The Kier molecular flexibility index (Phi) is 56.6. The Balaban J connectivity index is -0.000000183. The van der Waals surface area contributed by atoms with Crippen LogP contribution in [0.1, 0.15) is 117 Å². The van der Waals surface area contributed by atoms with E-state index in [-0.39, 0.29) is 42.3 Å². The summed E-state index contributed by atoms with van der Waals surface area (Å²) in [5.41, 5.74) is 68.3. The van der Waals surface area contributed by atoms with Crippen molar-refractivity contribution in [3.63, 3.8) is 0 Å². The molecule has 9 atom stereocenters. The summed E-state index contributed by atoms with van der Waals surface area (Å²) in [7, 11) is 1.54. The van der Waals surface area contributed by atoms with Crippen LogP contribution >= 0.6 is 0 Å². The molecule has 0 aromatic rings. The number of hydrogen-bond donors (Lipinski definition) is 20. The van der Waals surface area contributed by atoms with Gasteiger partial charge >= 0.3 is 35.8 Å². The van der Waals surface area contributed by atoms with E-state index in [0.717, 1.165) is 25.7 Å². The second kappa shape index (κ2) is 52.1. The molecular formula is C43H95N15O14. The van der Waals surface area contributed by atoms with Crippen molar-refractivity contribution in [3.8, 4) is 0 Å². The minimum absolute atomic E-state index is 0.0106. The van der Waals surface area contributed by atoms with Crippen molar-refractivity contribution in [3.05, 3.63) is 0 Å². The van der Waals surface area contributed by atoms with Crippen LogP contribution in [-0.4, -0.2) is 167 Å². The number of carboxylic acids is 6. The average Bonchev–Trinajstić information content (AvgIpc) is 3.28. The lowest BCUT2D eigenvalue weighted by molar-refractivity contribution is -0.140. The van der Waals surface area contributed by atoms with Gasteiger partial charge in [-0.05, 0) is 141 Å². The Morgan fingerprint density at radius 2 is 0.778 bits per heavy atom. The number of hydrogen-bond acceptors (Lipinski definition) is 20. The number of unbranched alkanes of at least 4 members (excludes halogenated alkanes) is 2. The van der Waals surface area contributed by atoms with Crippen molar-refractivity contribution >= 4 is 53.5 Å². The Labute approximate surface area is 423 Å². The predicted octanol–water partition coefficient (Wildman–Crippen LogP) is -4.10. The van der Waals surface area contributed by atoms with Gasteiger partial charge in [-0.1, -0.05) is 13.3 Å². The van der Waals surface area contributed by atoms with Crippen LogP contribution in [0, 0.1) is 17.8 Å². The summed E-state index contributed by atoms with van der Waals surface area (Å²) in [4.78, 5) is 87.5. The van der Waals surface area contributed by atoms with Crippen LogP contribution in [0.5, 0.6) is 0 Å². The molecule has 0 saturated heterocycles. The first kappa shape index (κ1) is 78.2. The van der Waals surface area contributed by atoms with E-state index in [1.807, 2.05) is 6.92 Å². The van der Waals surface area contributed by atoms with E-state index in [4.69, 9.17) is 105 Å². The summed E-state index contributed by atoms with van der Waals surface area (Å²) in [5, 5.41) is 53.2. The van der Waals surface area contributed by atoms with Gasteiger partial charge in [-0.3, -0.25) is 38.6 Å². The number of ketones is 1. The quantitative estimate of drug-likeness (QED) is 0.0165. The highest BCUT2D eigenvalue weighted by Crippen LogP contribution is 2.16. The second-order valence-corrected chi connectivity index (χ2v) is 16.7. The van der Waals surface area contributed by atoms with Crippen LogP contribution in [0.3, 0.4) is 0 Å². The van der Waals surface area contributed by atoms with Crippen molar-refractivity contribution in [1.29, 1.82) is 0 Å². The maximum Gasteiger partial charge on any atom is 0.320 e. The first-order valence-corrected chi connectivity index (χ1v) is 23.6. The van der Waals surface area contributed by atoms with E-state index in [0.29, 0.717) is 109 Å². The zero-order valence-electron chi connectivity index (χ0n) is 42.7. The third-order valence-electron chi connectivity index (χ3n) is 9.78. The number of aliphatic carboxylic acids is 6. The number of Topliss-reactive ketones (excluding diaryl/α,β-unsaturated/α-hetero) is 1. The largest absolute Gasteiger partial charge is 0.480 e. The number of aliphatic imine (C=N–C) groups is 1. The van der Waals surface area contributed by atoms with Crippen LogP contribution < -0.4 is 79.9 Å². The molecule has 0 saturated carbocycles. The third-order valence-corrected chi connectivity index (χ3v) is 9.78. The molecule has 0 aliphatic heterocycles. The molecule has 0 radical (unpaired) electrons. The van der Waals surface area contributed by atoms with Gasteiger partial charge in [0, 0.05) is 26.4 Å². The Bertz CT molecular complexity index is 1480. The molecule has 0 bridgehead atoms. The molecule has 72 heavy (non-hydrogen) atoms. The predicted molar refractivity (Wildman–Crippen MR) is 274 cm³/mol. The van der Waals surface area contributed by atoms with E-state index in [1.165, 1.54) is 6.92 Å². The lowest BCUT2D eigenvalue weighted by Crippen LogP contribution is -2.34. The molecule has 0 rings (SSSR count). The Morgan fingerprint density at radius 1 is 0.444 bits per heavy atom. The van der Waals surface area contributed by atoms with Gasteiger partial charge in [0.15, 0.2) is 5.96 Å². The minimum Gasteiger partial charge on any atom is -0.480 e. The van der Waals surface area contributed by atoms with Crippen LogP contribution in [0.15, 0.2) is 4.99 Å². The molecule has 426 valence electrons.